The first-order valence-electron chi connectivity index (χ1n) is 5.49. The van der Waals surface area contributed by atoms with Crippen LogP contribution in [0, 0.1) is 0 Å². The van der Waals surface area contributed by atoms with Crippen molar-refractivity contribution in [3.8, 4) is 0 Å². The number of nitrogens with two attached hydrogens (primary N) is 1. The lowest BCUT2D eigenvalue weighted by Crippen LogP contribution is -2.33. The van der Waals surface area contributed by atoms with Gasteiger partial charge in [-0.25, -0.2) is 4.79 Å². The lowest BCUT2D eigenvalue weighted by atomic mass is 10.1. The van der Waals surface area contributed by atoms with Crippen LogP contribution in [0.1, 0.15) is 26.2 Å². The molecular formula is C11H21N3O2. The fourth-order valence-corrected chi connectivity index (χ4v) is 1.19. The molecular weight excluding hydrogens is 206 g/mol. The molecule has 16 heavy (non-hydrogen) atoms. The average molecular weight is 227 g/mol. The first-order valence-corrected chi connectivity index (χ1v) is 5.49. The molecule has 5 nitrogen and oxygen atoms in total. The van der Waals surface area contributed by atoms with Crippen molar-refractivity contribution in [2.75, 3.05) is 19.6 Å². The van der Waals surface area contributed by atoms with Crippen LogP contribution in [0.5, 0.6) is 0 Å². The Morgan fingerprint density at radius 1 is 1.50 bits per heavy atom. The number of hydrogen-bond acceptors (Lipinski definition) is 2. The number of carbonyl (C=O) groups excluding carboxylic acids is 2. The first kappa shape index (κ1) is 14.5. The SMILES string of the molecule is C=C(CC)CCN(C=O)CCCNC(N)=O. The molecule has 0 aromatic carbocycles. The van der Waals surface area contributed by atoms with Gasteiger partial charge in [-0.05, 0) is 19.3 Å². The molecule has 3 N–H and O–H groups in total. The molecule has 0 aromatic heterocycles. The quantitative estimate of drug-likeness (QED) is 0.348. The van der Waals surface area contributed by atoms with E-state index in [1.165, 1.54) is 0 Å². The van der Waals surface area contributed by atoms with Crippen molar-refractivity contribution in [1.82, 2.24) is 10.2 Å². The molecule has 0 saturated heterocycles. The maximum Gasteiger partial charge on any atom is 0.312 e. The highest BCUT2D eigenvalue weighted by atomic mass is 16.2. The van der Waals surface area contributed by atoms with E-state index in [0.717, 1.165) is 24.8 Å². The minimum atomic E-state index is -0.531. The smallest absolute Gasteiger partial charge is 0.312 e. The summed E-state index contributed by atoms with van der Waals surface area (Å²) in [4.78, 5) is 22.8. The zero-order valence-electron chi connectivity index (χ0n) is 9.87. The van der Waals surface area contributed by atoms with Gasteiger partial charge in [0.15, 0.2) is 0 Å². The zero-order chi connectivity index (χ0) is 12.4. The Hall–Kier alpha value is -1.52. The van der Waals surface area contributed by atoms with E-state index in [1.807, 2.05) is 6.92 Å². The molecule has 5 heteroatoms. The maximum absolute atomic E-state index is 10.7. The summed E-state index contributed by atoms with van der Waals surface area (Å²) in [5.41, 5.74) is 6.05. The number of primary amides is 1. The Morgan fingerprint density at radius 2 is 2.19 bits per heavy atom. The van der Waals surface area contributed by atoms with Crippen LogP contribution in [0.4, 0.5) is 4.79 Å². The number of rotatable bonds is 9. The Kier molecular flexibility index (Phi) is 7.93. The van der Waals surface area contributed by atoms with Crippen molar-refractivity contribution in [2.45, 2.75) is 26.2 Å². The highest BCUT2D eigenvalue weighted by molar-refractivity contribution is 5.71. The van der Waals surface area contributed by atoms with Gasteiger partial charge in [0.25, 0.3) is 0 Å². The molecule has 0 aliphatic carbocycles. The molecule has 0 unspecified atom stereocenters. The molecule has 0 bridgehead atoms. The molecule has 0 radical (unpaired) electrons. The van der Waals surface area contributed by atoms with Gasteiger partial charge in [0.1, 0.15) is 0 Å². The van der Waals surface area contributed by atoms with E-state index in [2.05, 4.69) is 11.9 Å². The van der Waals surface area contributed by atoms with Gasteiger partial charge in [-0.15, -0.1) is 0 Å². The highest BCUT2D eigenvalue weighted by Crippen LogP contribution is 2.03. The Morgan fingerprint density at radius 3 is 2.69 bits per heavy atom. The van der Waals surface area contributed by atoms with Gasteiger partial charge in [-0.2, -0.15) is 0 Å². The van der Waals surface area contributed by atoms with E-state index in [0.29, 0.717) is 26.1 Å². The van der Waals surface area contributed by atoms with Crippen LogP contribution >= 0.6 is 0 Å². The van der Waals surface area contributed by atoms with Gasteiger partial charge in [0, 0.05) is 19.6 Å². The van der Waals surface area contributed by atoms with Gasteiger partial charge >= 0.3 is 6.03 Å². The van der Waals surface area contributed by atoms with E-state index in [4.69, 9.17) is 5.73 Å². The molecule has 0 heterocycles. The molecule has 3 amide bonds. The number of carbonyl (C=O) groups is 2. The summed E-state index contributed by atoms with van der Waals surface area (Å²) < 4.78 is 0. The minimum absolute atomic E-state index is 0.494. The van der Waals surface area contributed by atoms with Crippen molar-refractivity contribution in [3.05, 3.63) is 12.2 Å². The third kappa shape index (κ3) is 7.84. The summed E-state index contributed by atoms with van der Waals surface area (Å²) in [6.07, 6.45) is 3.31. The number of nitrogens with one attached hydrogen (secondary N) is 1. The second-order valence-electron chi connectivity index (χ2n) is 3.64. The number of urea groups is 1. The fraction of sp³-hybridized carbons (Fsp3) is 0.636. The largest absolute Gasteiger partial charge is 0.352 e. The van der Waals surface area contributed by atoms with Crippen LogP contribution in [0.3, 0.4) is 0 Å². The summed E-state index contributed by atoms with van der Waals surface area (Å²) in [7, 11) is 0. The monoisotopic (exact) mass is 227 g/mol. The van der Waals surface area contributed by atoms with E-state index >= 15 is 0 Å². The second-order valence-corrected chi connectivity index (χ2v) is 3.64. The fourth-order valence-electron chi connectivity index (χ4n) is 1.19. The lowest BCUT2D eigenvalue weighted by Gasteiger charge is -2.17. The van der Waals surface area contributed by atoms with Crippen molar-refractivity contribution >= 4 is 12.4 Å². The number of amides is 3. The summed E-state index contributed by atoms with van der Waals surface area (Å²) in [6.45, 7) is 7.74. The van der Waals surface area contributed by atoms with Crippen LogP contribution in [0.2, 0.25) is 0 Å². The van der Waals surface area contributed by atoms with Crippen LogP contribution in [0.15, 0.2) is 12.2 Å². The van der Waals surface area contributed by atoms with Crippen molar-refractivity contribution < 1.29 is 9.59 Å². The first-order chi connectivity index (χ1) is 7.60. The third-order valence-corrected chi connectivity index (χ3v) is 2.32. The van der Waals surface area contributed by atoms with Crippen molar-refractivity contribution in [1.29, 1.82) is 0 Å². The van der Waals surface area contributed by atoms with E-state index in [-0.39, 0.29) is 0 Å². The van der Waals surface area contributed by atoms with Crippen LogP contribution in [-0.2, 0) is 4.79 Å². The Labute approximate surface area is 96.7 Å². The van der Waals surface area contributed by atoms with Crippen molar-refractivity contribution in [2.24, 2.45) is 5.73 Å². The van der Waals surface area contributed by atoms with Crippen LogP contribution < -0.4 is 11.1 Å². The summed E-state index contributed by atoms with van der Waals surface area (Å²) in [5, 5.41) is 2.48. The summed E-state index contributed by atoms with van der Waals surface area (Å²) >= 11 is 0. The Balaban J connectivity index is 3.62. The standard InChI is InChI=1S/C11H21N3O2/c1-3-10(2)5-8-14(9-15)7-4-6-13-11(12)16/h9H,2-8H2,1H3,(H3,12,13,16). The third-order valence-electron chi connectivity index (χ3n) is 2.32. The predicted octanol–water partition coefficient (Wildman–Crippen LogP) is 0.860. The van der Waals surface area contributed by atoms with Crippen LogP contribution in [-0.4, -0.2) is 37.0 Å². The molecule has 0 rings (SSSR count). The normalized spacial score (nSPS) is 9.56. The van der Waals surface area contributed by atoms with E-state index in [9.17, 15) is 9.59 Å². The summed E-state index contributed by atoms with van der Waals surface area (Å²) in [6, 6.07) is -0.531. The second kappa shape index (κ2) is 8.76. The number of nitrogens with zero attached hydrogens (tertiary/aromatic N) is 1. The minimum Gasteiger partial charge on any atom is -0.352 e. The van der Waals surface area contributed by atoms with Gasteiger partial charge < -0.3 is 16.0 Å². The van der Waals surface area contributed by atoms with Crippen molar-refractivity contribution in [3.63, 3.8) is 0 Å². The molecule has 0 aliphatic heterocycles. The predicted molar refractivity (Wildman–Crippen MR) is 63.9 cm³/mol. The topological polar surface area (TPSA) is 75.4 Å². The van der Waals surface area contributed by atoms with E-state index in [1.54, 1.807) is 4.90 Å². The van der Waals surface area contributed by atoms with Gasteiger partial charge in [0.05, 0.1) is 0 Å². The molecule has 0 saturated carbocycles. The summed E-state index contributed by atoms with van der Waals surface area (Å²) in [5.74, 6) is 0. The Bertz CT molecular complexity index is 241. The van der Waals surface area contributed by atoms with Crippen LogP contribution in [0.25, 0.3) is 0 Å². The molecule has 0 aromatic rings. The number of hydrogen-bond donors (Lipinski definition) is 2. The van der Waals surface area contributed by atoms with E-state index < -0.39 is 6.03 Å². The maximum atomic E-state index is 10.7. The van der Waals surface area contributed by atoms with Gasteiger partial charge in [0.2, 0.25) is 6.41 Å². The molecule has 92 valence electrons. The molecule has 0 atom stereocenters. The zero-order valence-corrected chi connectivity index (χ0v) is 9.87. The molecule has 0 aliphatic rings. The average Bonchev–Trinajstić information content (AvgIpc) is 2.27. The lowest BCUT2D eigenvalue weighted by molar-refractivity contribution is -0.118. The molecule has 0 fully saturated rings. The highest BCUT2D eigenvalue weighted by Gasteiger charge is 2.02. The van der Waals surface area contributed by atoms with Gasteiger partial charge in [-0.3, -0.25) is 4.79 Å². The molecule has 0 spiro atoms. The van der Waals surface area contributed by atoms with Gasteiger partial charge in [-0.1, -0.05) is 19.1 Å².